The van der Waals surface area contributed by atoms with Crippen molar-refractivity contribution in [3.63, 3.8) is 0 Å². The number of likely N-dealkylation sites (N-methyl/N-ethyl adjacent to an activating group) is 1. The largest absolute Gasteiger partial charge is 0.395 e. The van der Waals surface area contributed by atoms with Gasteiger partial charge in [0.1, 0.15) is 0 Å². The van der Waals surface area contributed by atoms with Crippen LogP contribution in [0.3, 0.4) is 0 Å². The number of benzene rings is 1. The van der Waals surface area contributed by atoms with Crippen molar-refractivity contribution in [2.45, 2.75) is 43.8 Å². The highest BCUT2D eigenvalue weighted by atomic mass is 35.5. The molecular weight excluding hydrogens is 488 g/mol. The molecule has 190 valence electrons. The topological polar surface area (TPSA) is 88.3 Å². The van der Waals surface area contributed by atoms with Crippen molar-refractivity contribution in [1.29, 1.82) is 0 Å². The van der Waals surface area contributed by atoms with Crippen LogP contribution >= 0.6 is 11.6 Å². The highest BCUT2D eigenvalue weighted by molar-refractivity contribution is 6.32. The molecule has 0 spiro atoms. The number of amides is 2. The van der Waals surface area contributed by atoms with Crippen LogP contribution in [0.4, 0.5) is 17.6 Å². The van der Waals surface area contributed by atoms with Crippen molar-refractivity contribution in [2.24, 2.45) is 11.1 Å². The standard InChI is InChI=1S/C24H27ClF4N4O2/c1-33(2)16(10-14-5-6-17(22(30)35)21(26)20(14)25)13-32-19(34)11-18(15-4-3-9-31-12-15)23(7-8-23)24(27,28)29/h3-6,9,12,16,18H,7-8,10-11,13H2,1-2H3,(H2,30,35)(H,32,34). The highest BCUT2D eigenvalue weighted by Crippen LogP contribution is 2.66. The molecule has 2 amide bonds. The van der Waals surface area contributed by atoms with Crippen LogP contribution in [0.5, 0.6) is 0 Å². The first kappa shape index (κ1) is 26.9. The van der Waals surface area contributed by atoms with Gasteiger partial charge in [-0.3, -0.25) is 14.6 Å². The Morgan fingerprint density at radius 2 is 1.94 bits per heavy atom. The summed E-state index contributed by atoms with van der Waals surface area (Å²) in [6.45, 7) is 0.0974. The number of nitrogens with zero attached hydrogens (tertiary/aromatic N) is 2. The Labute approximate surface area is 205 Å². The molecule has 6 nitrogen and oxygen atoms in total. The van der Waals surface area contributed by atoms with Gasteiger partial charge >= 0.3 is 6.18 Å². The normalized spacial score (nSPS) is 16.6. The van der Waals surface area contributed by atoms with Crippen LogP contribution in [-0.4, -0.2) is 54.6 Å². The number of carbonyl (C=O) groups excluding carboxylic acids is 2. The number of aromatic nitrogens is 1. The summed E-state index contributed by atoms with van der Waals surface area (Å²) in [7, 11) is 3.50. The predicted octanol–water partition coefficient (Wildman–Crippen LogP) is 4.08. The second-order valence-electron chi connectivity index (χ2n) is 9.09. The maximum Gasteiger partial charge on any atom is 0.395 e. The van der Waals surface area contributed by atoms with Gasteiger partial charge in [-0.1, -0.05) is 23.7 Å². The van der Waals surface area contributed by atoms with Crippen molar-refractivity contribution >= 4 is 23.4 Å². The van der Waals surface area contributed by atoms with Crippen LogP contribution in [-0.2, 0) is 11.2 Å². The number of halogens is 5. The minimum Gasteiger partial charge on any atom is -0.366 e. The molecule has 0 saturated heterocycles. The molecule has 2 unspecified atom stereocenters. The summed E-state index contributed by atoms with van der Waals surface area (Å²) >= 11 is 6.09. The minimum atomic E-state index is -4.43. The quantitative estimate of drug-likeness (QED) is 0.468. The number of nitrogens with one attached hydrogen (secondary N) is 1. The number of nitrogens with two attached hydrogens (primary N) is 1. The van der Waals surface area contributed by atoms with E-state index in [2.05, 4.69) is 10.3 Å². The lowest BCUT2D eigenvalue weighted by Crippen LogP contribution is -2.43. The van der Waals surface area contributed by atoms with Gasteiger partial charge in [-0.15, -0.1) is 0 Å². The van der Waals surface area contributed by atoms with Crippen LogP contribution in [0.1, 0.15) is 46.7 Å². The molecule has 35 heavy (non-hydrogen) atoms. The summed E-state index contributed by atoms with van der Waals surface area (Å²) in [6.07, 6.45) is -1.77. The molecule has 1 aliphatic carbocycles. The van der Waals surface area contributed by atoms with Crippen molar-refractivity contribution in [3.8, 4) is 0 Å². The Bertz CT molecular complexity index is 1080. The third-order valence-corrected chi connectivity index (χ3v) is 7.05. The number of alkyl halides is 3. The summed E-state index contributed by atoms with van der Waals surface area (Å²) in [5.41, 5.74) is 3.67. The van der Waals surface area contributed by atoms with Gasteiger partial charge in [-0.25, -0.2) is 4.39 Å². The first-order chi connectivity index (χ1) is 16.4. The van der Waals surface area contributed by atoms with Crippen molar-refractivity contribution in [2.75, 3.05) is 20.6 Å². The molecule has 3 rings (SSSR count). The van der Waals surface area contributed by atoms with E-state index in [9.17, 15) is 27.2 Å². The van der Waals surface area contributed by atoms with Crippen molar-refractivity contribution < 1.29 is 27.2 Å². The average Bonchev–Trinajstić information content (AvgIpc) is 3.60. The van der Waals surface area contributed by atoms with E-state index in [1.165, 1.54) is 24.5 Å². The molecule has 2 atom stereocenters. The zero-order chi connectivity index (χ0) is 26.0. The van der Waals surface area contributed by atoms with Gasteiger partial charge in [0.2, 0.25) is 5.91 Å². The molecule has 1 aromatic carbocycles. The second-order valence-corrected chi connectivity index (χ2v) is 9.47. The van der Waals surface area contributed by atoms with Gasteiger partial charge < -0.3 is 16.0 Å². The van der Waals surface area contributed by atoms with E-state index in [0.717, 1.165) is 0 Å². The monoisotopic (exact) mass is 514 g/mol. The third kappa shape index (κ3) is 5.92. The van der Waals surface area contributed by atoms with E-state index < -0.39 is 35.1 Å². The Morgan fingerprint density at radius 1 is 1.26 bits per heavy atom. The molecule has 1 heterocycles. The fourth-order valence-corrected chi connectivity index (χ4v) is 4.54. The molecule has 0 aliphatic heterocycles. The zero-order valence-electron chi connectivity index (χ0n) is 19.3. The number of primary amides is 1. The molecule has 2 aromatic rings. The molecule has 3 N–H and O–H groups in total. The summed E-state index contributed by atoms with van der Waals surface area (Å²) in [5, 5.41) is 2.48. The van der Waals surface area contributed by atoms with Crippen LogP contribution in [0.15, 0.2) is 36.7 Å². The third-order valence-electron chi connectivity index (χ3n) is 6.64. The van der Waals surface area contributed by atoms with E-state index in [4.69, 9.17) is 17.3 Å². The van der Waals surface area contributed by atoms with E-state index in [1.807, 2.05) is 0 Å². The van der Waals surface area contributed by atoms with Crippen LogP contribution in [0.25, 0.3) is 0 Å². The van der Waals surface area contributed by atoms with E-state index in [-0.39, 0.29) is 48.9 Å². The fourth-order valence-electron chi connectivity index (χ4n) is 4.30. The summed E-state index contributed by atoms with van der Waals surface area (Å²) in [5.74, 6) is -3.43. The Balaban J connectivity index is 1.71. The smallest absolute Gasteiger partial charge is 0.366 e. The van der Waals surface area contributed by atoms with Gasteiger partial charge in [0.25, 0.3) is 5.91 Å². The van der Waals surface area contributed by atoms with E-state index in [0.29, 0.717) is 11.1 Å². The van der Waals surface area contributed by atoms with Crippen LogP contribution < -0.4 is 11.1 Å². The van der Waals surface area contributed by atoms with Crippen LogP contribution in [0.2, 0.25) is 5.02 Å². The molecule has 0 bridgehead atoms. The summed E-state index contributed by atoms with van der Waals surface area (Å²) in [6, 6.07) is 5.51. The number of pyridine rings is 1. The zero-order valence-corrected chi connectivity index (χ0v) is 20.1. The molecular formula is C24H27ClF4N4O2. The Hall–Kier alpha value is -2.72. The predicted molar refractivity (Wildman–Crippen MR) is 123 cm³/mol. The molecule has 1 fully saturated rings. The molecule has 1 aliphatic rings. The maximum absolute atomic E-state index is 14.4. The van der Waals surface area contributed by atoms with E-state index in [1.54, 1.807) is 31.1 Å². The summed E-state index contributed by atoms with van der Waals surface area (Å²) in [4.78, 5) is 29.8. The number of carbonyl (C=O) groups is 2. The average molecular weight is 515 g/mol. The summed E-state index contributed by atoms with van der Waals surface area (Å²) < 4.78 is 56.0. The van der Waals surface area contributed by atoms with Gasteiger partial charge in [0.15, 0.2) is 5.82 Å². The lowest BCUT2D eigenvalue weighted by molar-refractivity contribution is -0.194. The van der Waals surface area contributed by atoms with Crippen molar-refractivity contribution in [1.82, 2.24) is 15.2 Å². The number of hydrogen-bond acceptors (Lipinski definition) is 4. The second kappa shape index (κ2) is 10.5. The van der Waals surface area contributed by atoms with Gasteiger partial charge in [-0.05, 0) is 56.6 Å². The van der Waals surface area contributed by atoms with Gasteiger partial charge in [-0.2, -0.15) is 13.2 Å². The fraction of sp³-hybridized carbons (Fsp3) is 0.458. The van der Waals surface area contributed by atoms with Crippen molar-refractivity contribution in [3.05, 3.63) is 64.2 Å². The lowest BCUT2D eigenvalue weighted by atomic mass is 9.80. The first-order valence-corrected chi connectivity index (χ1v) is 11.4. The molecule has 1 saturated carbocycles. The van der Waals surface area contributed by atoms with E-state index >= 15 is 0 Å². The Kier molecular flexibility index (Phi) is 8.06. The number of rotatable bonds is 10. The molecule has 0 radical (unpaired) electrons. The van der Waals surface area contributed by atoms with Gasteiger partial charge in [0.05, 0.1) is 16.0 Å². The maximum atomic E-state index is 14.4. The van der Waals surface area contributed by atoms with Crippen LogP contribution in [0, 0.1) is 11.2 Å². The Morgan fingerprint density at radius 3 is 2.46 bits per heavy atom. The molecule has 11 heteroatoms. The minimum absolute atomic E-state index is 0.0327. The van der Waals surface area contributed by atoms with Gasteiger partial charge in [0, 0.05) is 37.3 Å². The molecule has 1 aromatic heterocycles. The first-order valence-electron chi connectivity index (χ1n) is 11.0. The highest BCUT2D eigenvalue weighted by Gasteiger charge is 2.67. The lowest BCUT2D eigenvalue weighted by Gasteiger charge is -2.30. The number of hydrogen-bond donors (Lipinski definition) is 2. The SMILES string of the molecule is CN(C)C(CNC(=O)CC(c1cccnc1)C1(C(F)(F)F)CC1)Cc1ccc(C(N)=O)c(F)c1Cl.